The lowest BCUT2D eigenvalue weighted by molar-refractivity contribution is -0.387. The van der Waals surface area contributed by atoms with Gasteiger partial charge in [-0.1, -0.05) is 12.1 Å². The van der Waals surface area contributed by atoms with E-state index >= 15 is 0 Å². The third kappa shape index (κ3) is 4.90. The van der Waals surface area contributed by atoms with Crippen LogP contribution in [-0.2, 0) is 6.54 Å². The number of benzene rings is 2. The normalized spacial score (nSPS) is 15.4. The SMILES string of the molecule is O=C(Nc1ccc(F)c([N+](=O)[O-])c1)c1cccc(CN2CCC(CO)CC2)c1. The maximum atomic E-state index is 13.4. The summed E-state index contributed by atoms with van der Waals surface area (Å²) in [6.45, 7) is 2.74. The smallest absolute Gasteiger partial charge is 0.306 e. The van der Waals surface area contributed by atoms with E-state index in [9.17, 15) is 24.4 Å². The second-order valence-electron chi connectivity index (χ2n) is 6.98. The minimum absolute atomic E-state index is 0.162. The van der Waals surface area contributed by atoms with E-state index in [0.717, 1.165) is 43.6 Å². The molecule has 1 fully saturated rings. The highest BCUT2D eigenvalue weighted by molar-refractivity contribution is 6.04. The molecule has 1 amide bonds. The highest BCUT2D eigenvalue weighted by Gasteiger charge is 2.19. The van der Waals surface area contributed by atoms with Crippen LogP contribution in [-0.4, -0.2) is 40.5 Å². The molecule has 3 rings (SSSR count). The van der Waals surface area contributed by atoms with Gasteiger partial charge in [-0.25, -0.2) is 0 Å². The zero-order valence-electron chi connectivity index (χ0n) is 15.3. The van der Waals surface area contributed by atoms with Crippen LogP contribution in [0.4, 0.5) is 15.8 Å². The number of nitro benzene ring substituents is 1. The van der Waals surface area contributed by atoms with Crippen LogP contribution in [0.1, 0.15) is 28.8 Å². The number of amides is 1. The summed E-state index contributed by atoms with van der Waals surface area (Å²) in [7, 11) is 0. The van der Waals surface area contributed by atoms with Gasteiger partial charge in [0, 0.05) is 30.5 Å². The largest absolute Gasteiger partial charge is 0.396 e. The molecule has 0 aliphatic carbocycles. The van der Waals surface area contributed by atoms with Crippen LogP contribution in [0, 0.1) is 21.8 Å². The summed E-state index contributed by atoms with van der Waals surface area (Å²) >= 11 is 0. The van der Waals surface area contributed by atoms with Crippen molar-refractivity contribution in [1.82, 2.24) is 4.90 Å². The molecule has 0 atom stereocenters. The first-order valence-electron chi connectivity index (χ1n) is 9.13. The van der Waals surface area contributed by atoms with Gasteiger partial charge in [-0.15, -0.1) is 0 Å². The number of likely N-dealkylation sites (tertiary alicyclic amines) is 1. The van der Waals surface area contributed by atoms with Crippen molar-refractivity contribution in [3.63, 3.8) is 0 Å². The summed E-state index contributed by atoms with van der Waals surface area (Å²) in [6, 6.07) is 10.4. The third-order valence-electron chi connectivity index (χ3n) is 4.96. The molecular formula is C20H22FN3O4. The Morgan fingerprint density at radius 2 is 2.00 bits per heavy atom. The average molecular weight is 387 g/mol. The number of anilines is 1. The zero-order valence-corrected chi connectivity index (χ0v) is 15.3. The molecule has 1 aliphatic heterocycles. The molecule has 1 saturated heterocycles. The van der Waals surface area contributed by atoms with Crippen molar-refractivity contribution in [2.75, 3.05) is 25.0 Å². The Hall–Kier alpha value is -2.84. The van der Waals surface area contributed by atoms with Gasteiger partial charge < -0.3 is 10.4 Å². The van der Waals surface area contributed by atoms with Gasteiger partial charge in [-0.2, -0.15) is 4.39 Å². The lowest BCUT2D eigenvalue weighted by Gasteiger charge is -2.31. The molecule has 0 spiro atoms. The fourth-order valence-electron chi connectivity index (χ4n) is 3.33. The number of hydrogen-bond donors (Lipinski definition) is 2. The fourth-order valence-corrected chi connectivity index (χ4v) is 3.33. The van der Waals surface area contributed by atoms with Crippen molar-refractivity contribution in [1.29, 1.82) is 0 Å². The first kappa shape index (κ1) is 19.9. The van der Waals surface area contributed by atoms with Gasteiger partial charge in [0.15, 0.2) is 0 Å². The van der Waals surface area contributed by atoms with Crippen LogP contribution in [0.3, 0.4) is 0 Å². The molecule has 7 nitrogen and oxygen atoms in total. The molecule has 2 N–H and O–H groups in total. The first-order chi connectivity index (χ1) is 13.5. The number of aliphatic hydroxyl groups excluding tert-OH is 1. The molecule has 0 saturated carbocycles. The third-order valence-corrected chi connectivity index (χ3v) is 4.96. The molecule has 0 unspecified atom stereocenters. The van der Waals surface area contributed by atoms with E-state index < -0.39 is 22.3 Å². The molecule has 8 heteroatoms. The number of nitrogens with one attached hydrogen (secondary N) is 1. The number of carbonyl (C=O) groups is 1. The van der Waals surface area contributed by atoms with E-state index in [1.807, 2.05) is 6.07 Å². The van der Waals surface area contributed by atoms with E-state index in [1.165, 1.54) is 6.07 Å². The Morgan fingerprint density at radius 3 is 2.68 bits per heavy atom. The van der Waals surface area contributed by atoms with Crippen molar-refractivity contribution in [3.05, 3.63) is 69.5 Å². The Kier molecular flexibility index (Phi) is 6.33. The maximum Gasteiger partial charge on any atom is 0.306 e. The van der Waals surface area contributed by atoms with Crippen molar-refractivity contribution in [2.24, 2.45) is 5.92 Å². The summed E-state index contributed by atoms with van der Waals surface area (Å²) in [6.07, 6.45) is 1.92. The van der Waals surface area contributed by atoms with E-state index in [2.05, 4.69) is 10.2 Å². The topological polar surface area (TPSA) is 95.7 Å². The number of nitrogens with zero attached hydrogens (tertiary/aromatic N) is 2. The monoisotopic (exact) mass is 387 g/mol. The average Bonchev–Trinajstić information content (AvgIpc) is 2.70. The summed E-state index contributed by atoms with van der Waals surface area (Å²) in [5.41, 5.74) is 0.891. The van der Waals surface area contributed by atoms with Crippen LogP contribution in [0.15, 0.2) is 42.5 Å². The van der Waals surface area contributed by atoms with Gasteiger partial charge in [-0.05, 0) is 61.7 Å². The van der Waals surface area contributed by atoms with Crippen LogP contribution < -0.4 is 5.32 Å². The van der Waals surface area contributed by atoms with Crippen LogP contribution in [0.25, 0.3) is 0 Å². The van der Waals surface area contributed by atoms with E-state index in [0.29, 0.717) is 18.0 Å². The molecule has 0 bridgehead atoms. The molecule has 2 aromatic rings. The molecule has 0 radical (unpaired) electrons. The number of rotatable bonds is 6. The Balaban J connectivity index is 1.66. The molecule has 28 heavy (non-hydrogen) atoms. The van der Waals surface area contributed by atoms with Crippen molar-refractivity contribution < 1.29 is 19.2 Å². The fraction of sp³-hybridized carbons (Fsp3) is 0.350. The summed E-state index contributed by atoms with van der Waals surface area (Å²) < 4.78 is 13.4. The number of piperidine rings is 1. The molecular weight excluding hydrogens is 365 g/mol. The van der Waals surface area contributed by atoms with Crippen LogP contribution in [0.5, 0.6) is 0 Å². The van der Waals surface area contributed by atoms with Gasteiger partial charge >= 0.3 is 5.69 Å². The minimum atomic E-state index is -0.949. The van der Waals surface area contributed by atoms with E-state index in [4.69, 9.17) is 0 Å². The van der Waals surface area contributed by atoms with Crippen molar-refractivity contribution in [3.8, 4) is 0 Å². The predicted molar refractivity (Wildman–Crippen MR) is 103 cm³/mol. The second kappa shape index (κ2) is 8.90. The summed E-state index contributed by atoms with van der Waals surface area (Å²) in [5.74, 6) is -0.996. The minimum Gasteiger partial charge on any atom is -0.396 e. The molecule has 0 aromatic heterocycles. The molecule has 1 aliphatic rings. The summed E-state index contributed by atoms with van der Waals surface area (Å²) in [5, 5.41) is 22.6. The first-order valence-corrected chi connectivity index (χ1v) is 9.13. The Bertz CT molecular complexity index is 866. The standard InChI is InChI=1S/C20H22FN3O4/c21-18-5-4-17(11-19(18)24(27)28)22-20(26)16-3-1-2-15(10-16)12-23-8-6-14(13-25)7-9-23/h1-5,10-11,14,25H,6-9,12-13H2,(H,22,26). The van der Waals surface area contributed by atoms with Crippen molar-refractivity contribution >= 4 is 17.3 Å². The quantitative estimate of drug-likeness (QED) is 0.586. The number of hydrogen-bond acceptors (Lipinski definition) is 5. The van der Waals surface area contributed by atoms with E-state index in [1.54, 1.807) is 18.2 Å². The van der Waals surface area contributed by atoms with Gasteiger partial charge in [0.25, 0.3) is 5.91 Å². The predicted octanol–water partition coefficient (Wildman–Crippen LogP) is 3.19. The van der Waals surface area contributed by atoms with Gasteiger partial charge in [-0.3, -0.25) is 19.8 Å². The molecule has 148 valence electrons. The number of halogens is 1. The number of carbonyl (C=O) groups excluding carboxylic acids is 1. The lowest BCUT2D eigenvalue weighted by atomic mass is 9.97. The van der Waals surface area contributed by atoms with Gasteiger partial charge in [0.2, 0.25) is 5.82 Å². The zero-order chi connectivity index (χ0) is 20.1. The molecule has 2 aromatic carbocycles. The summed E-state index contributed by atoms with van der Waals surface area (Å²) in [4.78, 5) is 24.8. The van der Waals surface area contributed by atoms with Crippen molar-refractivity contribution in [2.45, 2.75) is 19.4 Å². The highest BCUT2D eigenvalue weighted by Crippen LogP contribution is 2.23. The Morgan fingerprint density at radius 1 is 1.25 bits per heavy atom. The number of nitro groups is 1. The maximum absolute atomic E-state index is 13.4. The highest BCUT2D eigenvalue weighted by atomic mass is 19.1. The second-order valence-corrected chi connectivity index (χ2v) is 6.98. The Labute approximate surface area is 161 Å². The number of aliphatic hydroxyl groups is 1. The van der Waals surface area contributed by atoms with Gasteiger partial charge in [0.1, 0.15) is 0 Å². The van der Waals surface area contributed by atoms with Crippen LogP contribution >= 0.6 is 0 Å². The molecule has 1 heterocycles. The van der Waals surface area contributed by atoms with Gasteiger partial charge in [0.05, 0.1) is 4.92 Å². The van der Waals surface area contributed by atoms with E-state index in [-0.39, 0.29) is 12.3 Å². The lowest BCUT2D eigenvalue weighted by Crippen LogP contribution is -2.34. The van der Waals surface area contributed by atoms with Crippen LogP contribution in [0.2, 0.25) is 0 Å².